The van der Waals surface area contributed by atoms with Gasteiger partial charge in [-0.25, -0.2) is 0 Å². The molecule has 0 spiro atoms. The Hall–Kier alpha value is 0.110. The SMILES string of the molecule is CCOP(=O)(CCCCCCO)OCC. The third-order valence-corrected chi connectivity index (χ3v) is 4.16. The second kappa shape index (κ2) is 9.34. The molecule has 0 aliphatic heterocycles. The van der Waals surface area contributed by atoms with Crippen LogP contribution < -0.4 is 0 Å². The van der Waals surface area contributed by atoms with Crippen molar-refractivity contribution in [3.8, 4) is 0 Å². The van der Waals surface area contributed by atoms with E-state index in [0.29, 0.717) is 19.4 Å². The standard InChI is InChI=1S/C10H23O4P/c1-3-13-15(12,14-4-2)10-8-6-5-7-9-11/h11H,3-10H2,1-2H3. The molecule has 0 aromatic heterocycles. The van der Waals surface area contributed by atoms with E-state index < -0.39 is 7.60 Å². The van der Waals surface area contributed by atoms with E-state index in [4.69, 9.17) is 14.2 Å². The molecule has 0 atom stereocenters. The summed E-state index contributed by atoms with van der Waals surface area (Å²) in [6.07, 6.45) is 4.06. The molecule has 0 aromatic rings. The van der Waals surface area contributed by atoms with Crippen molar-refractivity contribution >= 4 is 7.60 Å². The highest BCUT2D eigenvalue weighted by molar-refractivity contribution is 7.53. The molecule has 15 heavy (non-hydrogen) atoms. The van der Waals surface area contributed by atoms with Crippen LogP contribution in [0, 0.1) is 0 Å². The van der Waals surface area contributed by atoms with Gasteiger partial charge in [-0.2, -0.15) is 0 Å². The van der Waals surface area contributed by atoms with Crippen LogP contribution in [0.2, 0.25) is 0 Å². The van der Waals surface area contributed by atoms with Gasteiger partial charge in [-0.3, -0.25) is 4.57 Å². The Balaban J connectivity index is 3.71. The van der Waals surface area contributed by atoms with Crippen LogP contribution in [-0.2, 0) is 13.6 Å². The molecule has 0 heterocycles. The summed E-state index contributed by atoms with van der Waals surface area (Å²) < 4.78 is 22.3. The maximum atomic E-state index is 12.0. The van der Waals surface area contributed by atoms with Crippen LogP contribution in [0.3, 0.4) is 0 Å². The second-order valence-corrected chi connectivity index (χ2v) is 5.49. The lowest BCUT2D eigenvalue weighted by molar-refractivity contribution is 0.219. The van der Waals surface area contributed by atoms with Crippen molar-refractivity contribution in [1.29, 1.82) is 0 Å². The maximum absolute atomic E-state index is 12.0. The summed E-state index contributed by atoms with van der Waals surface area (Å²) in [6, 6.07) is 0. The third-order valence-electron chi connectivity index (χ3n) is 1.99. The number of unbranched alkanes of at least 4 members (excludes halogenated alkanes) is 3. The van der Waals surface area contributed by atoms with Gasteiger partial charge in [0.15, 0.2) is 0 Å². The molecule has 1 N–H and O–H groups in total. The second-order valence-electron chi connectivity index (χ2n) is 3.31. The van der Waals surface area contributed by atoms with Crippen LogP contribution in [0.25, 0.3) is 0 Å². The molecule has 0 fully saturated rings. The van der Waals surface area contributed by atoms with Gasteiger partial charge in [0.1, 0.15) is 0 Å². The van der Waals surface area contributed by atoms with Gasteiger partial charge in [0.05, 0.1) is 19.4 Å². The van der Waals surface area contributed by atoms with Crippen LogP contribution >= 0.6 is 7.60 Å². The summed E-state index contributed by atoms with van der Waals surface area (Å²) in [5.41, 5.74) is 0. The number of hydrogen-bond donors (Lipinski definition) is 1. The quantitative estimate of drug-likeness (QED) is 0.469. The summed E-state index contributed by atoms with van der Waals surface area (Å²) >= 11 is 0. The van der Waals surface area contributed by atoms with Gasteiger partial charge >= 0.3 is 7.60 Å². The highest BCUT2D eigenvalue weighted by Crippen LogP contribution is 2.48. The number of aliphatic hydroxyl groups is 1. The van der Waals surface area contributed by atoms with Crippen molar-refractivity contribution in [3.05, 3.63) is 0 Å². The van der Waals surface area contributed by atoms with Gasteiger partial charge < -0.3 is 14.2 Å². The van der Waals surface area contributed by atoms with Crippen molar-refractivity contribution in [1.82, 2.24) is 0 Å². The topological polar surface area (TPSA) is 55.8 Å². The maximum Gasteiger partial charge on any atom is 0.330 e. The Morgan fingerprint density at radius 2 is 1.53 bits per heavy atom. The first-order valence-corrected chi connectivity index (χ1v) is 7.40. The minimum Gasteiger partial charge on any atom is -0.396 e. The lowest BCUT2D eigenvalue weighted by Crippen LogP contribution is -2.00. The molecule has 0 saturated heterocycles. The number of aliphatic hydroxyl groups excluding tert-OH is 1. The van der Waals surface area contributed by atoms with Crippen molar-refractivity contribution < 1.29 is 18.7 Å². The predicted molar refractivity (Wildman–Crippen MR) is 61.3 cm³/mol. The molecule has 0 rings (SSSR count). The molecular weight excluding hydrogens is 215 g/mol. The first-order valence-electron chi connectivity index (χ1n) is 5.67. The normalized spacial score (nSPS) is 11.9. The van der Waals surface area contributed by atoms with Crippen LogP contribution in [0.4, 0.5) is 0 Å². The van der Waals surface area contributed by atoms with Crippen molar-refractivity contribution in [2.24, 2.45) is 0 Å². The number of hydrogen-bond acceptors (Lipinski definition) is 4. The highest BCUT2D eigenvalue weighted by atomic mass is 31.2. The zero-order valence-electron chi connectivity index (χ0n) is 9.78. The van der Waals surface area contributed by atoms with E-state index in [0.717, 1.165) is 25.7 Å². The summed E-state index contributed by atoms with van der Waals surface area (Å²) in [6.45, 7) is 4.71. The Bertz CT molecular complexity index is 174. The largest absolute Gasteiger partial charge is 0.396 e. The lowest BCUT2D eigenvalue weighted by atomic mass is 10.2. The summed E-state index contributed by atoms with van der Waals surface area (Å²) in [5.74, 6) is 0. The van der Waals surface area contributed by atoms with Gasteiger partial charge in [-0.15, -0.1) is 0 Å². The lowest BCUT2D eigenvalue weighted by Gasteiger charge is -2.16. The molecule has 4 nitrogen and oxygen atoms in total. The van der Waals surface area contributed by atoms with E-state index in [1.807, 2.05) is 13.8 Å². The van der Waals surface area contributed by atoms with E-state index in [2.05, 4.69) is 0 Å². The average molecular weight is 238 g/mol. The van der Waals surface area contributed by atoms with Gasteiger partial charge in [0.25, 0.3) is 0 Å². The van der Waals surface area contributed by atoms with Crippen LogP contribution in [0.5, 0.6) is 0 Å². The molecule has 92 valence electrons. The van der Waals surface area contributed by atoms with E-state index in [1.54, 1.807) is 0 Å². The minimum atomic E-state index is -2.83. The predicted octanol–water partition coefficient (Wildman–Crippen LogP) is 2.81. The molecule has 0 radical (unpaired) electrons. The summed E-state index contributed by atoms with van der Waals surface area (Å²) in [5, 5.41) is 8.59. The van der Waals surface area contributed by atoms with Gasteiger partial charge in [0.2, 0.25) is 0 Å². The average Bonchev–Trinajstić information content (AvgIpc) is 2.18. The van der Waals surface area contributed by atoms with E-state index in [-0.39, 0.29) is 6.61 Å². The molecule has 0 aliphatic carbocycles. The van der Waals surface area contributed by atoms with E-state index in [1.165, 1.54) is 0 Å². The smallest absolute Gasteiger partial charge is 0.330 e. The zero-order valence-corrected chi connectivity index (χ0v) is 10.7. The Morgan fingerprint density at radius 1 is 1.00 bits per heavy atom. The molecule has 0 bridgehead atoms. The van der Waals surface area contributed by atoms with E-state index >= 15 is 0 Å². The molecular formula is C10H23O4P. The Kier molecular flexibility index (Phi) is 9.41. The van der Waals surface area contributed by atoms with Crippen molar-refractivity contribution in [2.75, 3.05) is 26.0 Å². The van der Waals surface area contributed by atoms with Gasteiger partial charge in [0, 0.05) is 6.61 Å². The fraction of sp³-hybridized carbons (Fsp3) is 1.00. The van der Waals surface area contributed by atoms with E-state index in [9.17, 15) is 4.57 Å². The number of rotatable bonds is 10. The highest BCUT2D eigenvalue weighted by Gasteiger charge is 2.22. The molecule has 0 unspecified atom stereocenters. The molecule has 5 heteroatoms. The first-order chi connectivity index (χ1) is 7.18. The van der Waals surface area contributed by atoms with Crippen molar-refractivity contribution in [2.45, 2.75) is 39.5 Å². The fourth-order valence-electron chi connectivity index (χ4n) is 1.33. The Morgan fingerprint density at radius 3 is 2.00 bits per heavy atom. The van der Waals surface area contributed by atoms with Gasteiger partial charge in [-0.1, -0.05) is 12.8 Å². The monoisotopic (exact) mass is 238 g/mol. The van der Waals surface area contributed by atoms with Crippen molar-refractivity contribution in [3.63, 3.8) is 0 Å². The Labute approximate surface area is 92.5 Å². The van der Waals surface area contributed by atoms with Crippen LogP contribution in [-0.4, -0.2) is 31.1 Å². The molecule has 0 amide bonds. The fourth-order valence-corrected chi connectivity index (χ4v) is 3.06. The van der Waals surface area contributed by atoms with Crippen LogP contribution in [0.1, 0.15) is 39.5 Å². The summed E-state index contributed by atoms with van der Waals surface area (Å²) in [4.78, 5) is 0. The molecule has 0 saturated carbocycles. The van der Waals surface area contributed by atoms with Gasteiger partial charge in [-0.05, 0) is 26.7 Å². The summed E-state index contributed by atoms with van der Waals surface area (Å²) in [7, 11) is -2.83. The van der Waals surface area contributed by atoms with Crippen LogP contribution in [0.15, 0.2) is 0 Å². The first kappa shape index (κ1) is 15.1. The molecule has 0 aromatic carbocycles. The zero-order chi connectivity index (χ0) is 11.6. The molecule has 0 aliphatic rings. The minimum absolute atomic E-state index is 0.231. The third kappa shape index (κ3) is 7.97.